The second-order valence-corrected chi connectivity index (χ2v) is 11.0. The van der Waals surface area contributed by atoms with Crippen molar-refractivity contribution >= 4 is 28.9 Å². The van der Waals surface area contributed by atoms with Crippen LogP contribution < -0.4 is 15.5 Å². The fraction of sp³-hybridized carbons (Fsp3) is 0.576. The molecule has 2 amide bonds. The third-order valence-electron chi connectivity index (χ3n) is 7.24. The molecule has 2 aromatic carbocycles. The van der Waals surface area contributed by atoms with Gasteiger partial charge in [0.25, 0.3) is 0 Å². The minimum absolute atomic E-state index is 0.0806. The molecule has 3 rings (SSSR count). The van der Waals surface area contributed by atoms with Gasteiger partial charge < -0.3 is 29.8 Å². The number of methoxy groups -OCH3 is 2. The van der Waals surface area contributed by atoms with Gasteiger partial charge in [-0.15, -0.1) is 0 Å². The van der Waals surface area contributed by atoms with Crippen molar-refractivity contribution in [3.8, 4) is 0 Å². The standard InChI is InChI=1S/C31H45N3O4.C2H6/c1-21(2)19-34(27-12-14-28(38-6)15-13-27)30-16-9-24(25(20-37-5)17-23(4)35)18-29(30)33-31(36)32-26-10-7-22(3)8-11-26;1-2/h7-11,16,18,21,25,27-28H,12-15,17,19-20H2,1-6H3,(H2,32,33,36);1-2H3. The Hall–Kier alpha value is -2.90. The second-order valence-electron chi connectivity index (χ2n) is 11.0. The predicted molar refractivity (Wildman–Crippen MR) is 167 cm³/mol. The molecule has 1 atom stereocenters. The third-order valence-corrected chi connectivity index (χ3v) is 7.24. The molecule has 2 N–H and O–H groups in total. The summed E-state index contributed by atoms with van der Waals surface area (Å²) in [6.07, 6.45) is 4.84. The van der Waals surface area contributed by atoms with E-state index in [0.29, 0.717) is 31.1 Å². The molecule has 0 saturated heterocycles. The van der Waals surface area contributed by atoms with E-state index in [9.17, 15) is 9.59 Å². The summed E-state index contributed by atoms with van der Waals surface area (Å²) >= 11 is 0. The number of ether oxygens (including phenoxy) is 2. The fourth-order valence-electron chi connectivity index (χ4n) is 5.33. The molecule has 40 heavy (non-hydrogen) atoms. The monoisotopic (exact) mass is 553 g/mol. The van der Waals surface area contributed by atoms with Gasteiger partial charge in [0.1, 0.15) is 5.78 Å². The molecule has 1 aliphatic rings. The number of carbonyl (C=O) groups is 2. The van der Waals surface area contributed by atoms with Gasteiger partial charge in [-0.05, 0) is 75.3 Å². The van der Waals surface area contributed by atoms with E-state index in [0.717, 1.165) is 60.4 Å². The highest BCUT2D eigenvalue weighted by Gasteiger charge is 2.29. The number of nitrogens with one attached hydrogen (secondary N) is 2. The molecule has 0 aromatic heterocycles. The number of benzene rings is 2. The van der Waals surface area contributed by atoms with Crippen LogP contribution in [0.3, 0.4) is 0 Å². The first-order chi connectivity index (χ1) is 19.2. The topological polar surface area (TPSA) is 79.9 Å². The van der Waals surface area contributed by atoms with Gasteiger partial charge in [0.2, 0.25) is 0 Å². The summed E-state index contributed by atoms with van der Waals surface area (Å²) in [6, 6.07) is 14.0. The van der Waals surface area contributed by atoms with Crippen molar-refractivity contribution < 1.29 is 19.1 Å². The van der Waals surface area contributed by atoms with Crippen molar-refractivity contribution in [1.82, 2.24) is 0 Å². The Labute approximate surface area is 242 Å². The molecule has 7 nitrogen and oxygen atoms in total. The van der Waals surface area contributed by atoms with Gasteiger partial charge >= 0.3 is 6.03 Å². The van der Waals surface area contributed by atoms with Gasteiger partial charge in [-0.3, -0.25) is 0 Å². The van der Waals surface area contributed by atoms with Crippen LogP contribution in [0.15, 0.2) is 42.5 Å². The number of nitrogens with zero attached hydrogens (tertiary/aromatic N) is 1. The molecule has 222 valence electrons. The van der Waals surface area contributed by atoms with Crippen LogP contribution in [0, 0.1) is 12.8 Å². The highest BCUT2D eigenvalue weighted by Crippen LogP contribution is 2.36. The third kappa shape index (κ3) is 10.3. The smallest absolute Gasteiger partial charge is 0.323 e. The normalized spacial score (nSPS) is 17.4. The summed E-state index contributed by atoms with van der Waals surface area (Å²) in [5.41, 5.74) is 4.58. The Bertz CT molecular complexity index is 1050. The molecule has 1 saturated carbocycles. The fourth-order valence-corrected chi connectivity index (χ4v) is 5.33. The minimum Gasteiger partial charge on any atom is -0.384 e. The zero-order chi connectivity index (χ0) is 29.7. The predicted octanol–water partition coefficient (Wildman–Crippen LogP) is 7.79. The second kappa shape index (κ2) is 17.0. The lowest BCUT2D eigenvalue weighted by Crippen LogP contribution is -2.42. The van der Waals surface area contributed by atoms with E-state index in [-0.39, 0.29) is 17.7 Å². The lowest BCUT2D eigenvalue weighted by Gasteiger charge is -2.40. The number of ketones is 1. The summed E-state index contributed by atoms with van der Waals surface area (Å²) in [4.78, 5) is 27.6. The molecule has 0 bridgehead atoms. The van der Waals surface area contributed by atoms with E-state index < -0.39 is 0 Å². The largest absolute Gasteiger partial charge is 0.384 e. The number of amides is 2. The number of aryl methyl sites for hydroxylation is 1. The lowest BCUT2D eigenvalue weighted by molar-refractivity contribution is -0.117. The molecule has 1 unspecified atom stereocenters. The first-order valence-corrected chi connectivity index (χ1v) is 14.8. The molecule has 0 radical (unpaired) electrons. The van der Waals surface area contributed by atoms with Crippen molar-refractivity contribution in [3.63, 3.8) is 0 Å². The van der Waals surface area contributed by atoms with Crippen LogP contribution in [0.2, 0.25) is 0 Å². The summed E-state index contributed by atoms with van der Waals surface area (Å²) < 4.78 is 11.1. The van der Waals surface area contributed by atoms with Gasteiger partial charge in [0, 0.05) is 44.8 Å². The molecular formula is C33H51N3O4. The molecule has 1 fully saturated rings. The Morgan fingerprint density at radius 2 is 1.62 bits per heavy atom. The van der Waals surface area contributed by atoms with Crippen molar-refractivity contribution in [2.45, 2.75) is 91.7 Å². The van der Waals surface area contributed by atoms with Crippen molar-refractivity contribution in [1.29, 1.82) is 0 Å². The SMILES string of the molecule is CC.COCC(CC(C)=O)c1ccc(N(CC(C)C)C2CCC(OC)CC2)c(NC(=O)Nc2ccc(C)cc2)c1. The molecular weight excluding hydrogens is 502 g/mol. The zero-order valence-electron chi connectivity index (χ0n) is 25.9. The average molecular weight is 554 g/mol. The number of hydrogen-bond donors (Lipinski definition) is 2. The lowest BCUT2D eigenvalue weighted by atomic mass is 9.90. The van der Waals surface area contributed by atoms with Gasteiger partial charge in [-0.1, -0.05) is 51.5 Å². The maximum absolute atomic E-state index is 13.2. The molecule has 0 spiro atoms. The molecule has 2 aromatic rings. The van der Waals surface area contributed by atoms with Crippen LogP contribution in [-0.4, -0.2) is 51.3 Å². The molecule has 7 heteroatoms. The minimum atomic E-state index is -0.297. The van der Waals surface area contributed by atoms with E-state index in [2.05, 4.69) is 41.5 Å². The number of urea groups is 1. The van der Waals surface area contributed by atoms with E-state index in [1.54, 1.807) is 21.1 Å². The Morgan fingerprint density at radius 3 is 2.17 bits per heavy atom. The van der Waals surface area contributed by atoms with Crippen LogP contribution in [0.4, 0.5) is 21.9 Å². The van der Waals surface area contributed by atoms with E-state index in [4.69, 9.17) is 9.47 Å². The highest BCUT2D eigenvalue weighted by molar-refractivity contribution is 6.02. The van der Waals surface area contributed by atoms with Crippen LogP contribution in [0.1, 0.15) is 83.8 Å². The summed E-state index contributed by atoms with van der Waals surface area (Å²) in [5.74, 6) is 0.477. The molecule has 0 heterocycles. The first kappa shape index (κ1) is 33.3. The van der Waals surface area contributed by atoms with E-state index in [1.165, 1.54) is 0 Å². The summed E-state index contributed by atoms with van der Waals surface area (Å²) in [7, 11) is 3.44. The molecule has 1 aliphatic carbocycles. The van der Waals surface area contributed by atoms with Crippen LogP contribution in [-0.2, 0) is 14.3 Å². The van der Waals surface area contributed by atoms with Crippen LogP contribution >= 0.6 is 0 Å². The van der Waals surface area contributed by atoms with Gasteiger partial charge in [0.15, 0.2) is 0 Å². The number of carbonyl (C=O) groups excluding carboxylic acids is 2. The van der Waals surface area contributed by atoms with Crippen LogP contribution in [0.25, 0.3) is 0 Å². The van der Waals surface area contributed by atoms with Crippen molar-refractivity contribution in [3.05, 3.63) is 53.6 Å². The number of rotatable bonds is 12. The van der Waals surface area contributed by atoms with Gasteiger partial charge in [-0.2, -0.15) is 0 Å². The molecule has 0 aliphatic heterocycles. The average Bonchev–Trinajstić information content (AvgIpc) is 2.94. The first-order valence-electron chi connectivity index (χ1n) is 14.8. The highest BCUT2D eigenvalue weighted by atomic mass is 16.5. The Balaban J connectivity index is 0.00000274. The van der Waals surface area contributed by atoms with Gasteiger partial charge in [0.05, 0.1) is 24.1 Å². The summed E-state index contributed by atoms with van der Waals surface area (Å²) in [6.45, 7) is 13.4. The summed E-state index contributed by atoms with van der Waals surface area (Å²) in [5, 5.41) is 6.09. The zero-order valence-corrected chi connectivity index (χ0v) is 25.9. The number of anilines is 3. The van der Waals surface area contributed by atoms with Crippen LogP contribution in [0.5, 0.6) is 0 Å². The maximum atomic E-state index is 13.2. The van der Waals surface area contributed by atoms with Crippen molar-refractivity contribution in [2.75, 3.05) is 42.9 Å². The van der Waals surface area contributed by atoms with E-state index >= 15 is 0 Å². The Morgan fingerprint density at radius 1 is 0.975 bits per heavy atom. The van der Waals surface area contributed by atoms with Gasteiger partial charge in [-0.25, -0.2) is 4.79 Å². The van der Waals surface area contributed by atoms with E-state index in [1.807, 2.05) is 51.1 Å². The number of Topliss-reactive ketones (excluding diaryl/α,β-unsaturated/α-hetero) is 1. The maximum Gasteiger partial charge on any atom is 0.323 e. The van der Waals surface area contributed by atoms with Crippen molar-refractivity contribution in [2.24, 2.45) is 5.92 Å². The number of hydrogen-bond acceptors (Lipinski definition) is 5. The Kier molecular flexibility index (Phi) is 14.2. The quantitative estimate of drug-likeness (QED) is 0.280.